The van der Waals surface area contributed by atoms with Crippen LogP contribution >= 0.6 is 34.5 Å². The van der Waals surface area contributed by atoms with E-state index < -0.39 is 16.8 Å². The number of para-hydroxylation sites is 1. The van der Waals surface area contributed by atoms with Crippen LogP contribution < -0.4 is 4.80 Å². The molecule has 1 heterocycles. The van der Waals surface area contributed by atoms with Crippen molar-refractivity contribution in [3.05, 3.63) is 66.9 Å². The molecule has 0 atom stereocenters. The number of carbonyl (C=O) groups excluding carboxylic acids is 2. The Kier molecular flexibility index (Phi) is 6.31. The van der Waals surface area contributed by atoms with E-state index in [2.05, 4.69) is 4.99 Å². The van der Waals surface area contributed by atoms with Crippen LogP contribution in [0.25, 0.3) is 10.2 Å². The maximum atomic E-state index is 12.7. The Bertz CT molecular complexity index is 1200. The van der Waals surface area contributed by atoms with Gasteiger partial charge in [-0.2, -0.15) is 4.99 Å². The molecule has 1 amide bonds. The normalized spacial score (nSPS) is 11.6. The van der Waals surface area contributed by atoms with Crippen LogP contribution in [-0.2, 0) is 16.1 Å². The largest absolute Gasteiger partial charge is 0.465 e. The van der Waals surface area contributed by atoms with Crippen molar-refractivity contribution in [2.75, 3.05) is 6.61 Å². The van der Waals surface area contributed by atoms with E-state index in [1.807, 2.05) is 0 Å². The molecule has 8 nitrogen and oxygen atoms in total. The summed E-state index contributed by atoms with van der Waals surface area (Å²) in [6.45, 7) is 1.62. The number of halogens is 2. The monoisotopic (exact) mass is 453 g/mol. The molecule has 0 unspecified atom stereocenters. The van der Waals surface area contributed by atoms with E-state index in [4.69, 9.17) is 27.9 Å². The van der Waals surface area contributed by atoms with Crippen LogP contribution in [0.4, 0.5) is 5.69 Å². The van der Waals surface area contributed by atoms with Gasteiger partial charge in [-0.3, -0.25) is 19.7 Å². The number of carbonyl (C=O) groups is 2. The molecule has 11 heteroatoms. The molecule has 0 aliphatic heterocycles. The highest BCUT2D eigenvalue weighted by Gasteiger charge is 2.20. The molecule has 0 aliphatic rings. The van der Waals surface area contributed by atoms with Gasteiger partial charge in [0, 0.05) is 11.1 Å². The van der Waals surface area contributed by atoms with Gasteiger partial charge in [0.05, 0.1) is 26.8 Å². The molecule has 0 fully saturated rings. The average molecular weight is 454 g/mol. The third-order valence-electron chi connectivity index (χ3n) is 3.82. The molecule has 0 radical (unpaired) electrons. The summed E-state index contributed by atoms with van der Waals surface area (Å²) in [4.78, 5) is 39.4. The third-order valence-corrected chi connectivity index (χ3v) is 5.35. The van der Waals surface area contributed by atoms with Crippen molar-refractivity contribution in [3.8, 4) is 0 Å². The first-order chi connectivity index (χ1) is 13.8. The molecule has 0 bridgehead atoms. The van der Waals surface area contributed by atoms with Gasteiger partial charge in [0.2, 0.25) is 0 Å². The number of aromatic nitrogens is 1. The van der Waals surface area contributed by atoms with Crippen molar-refractivity contribution >= 4 is 62.3 Å². The van der Waals surface area contributed by atoms with Crippen molar-refractivity contribution in [1.82, 2.24) is 4.57 Å². The summed E-state index contributed by atoms with van der Waals surface area (Å²) in [5, 5.41) is 11.9. The van der Waals surface area contributed by atoms with Crippen LogP contribution in [0.3, 0.4) is 0 Å². The lowest BCUT2D eigenvalue weighted by Gasteiger charge is -2.06. The summed E-state index contributed by atoms with van der Waals surface area (Å²) in [7, 11) is 0. The maximum Gasteiger partial charge on any atom is 0.326 e. The first kappa shape index (κ1) is 21.0. The lowest BCUT2D eigenvalue weighted by atomic mass is 10.2. The number of amides is 1. The lowest BCUT2D eigenvalue weighted by molar-refractivity contribution is -0.385. The van der Waals surface area contributed by atoms with E-state index >= 15 is 0 Å². The van der Waals surface area contributed by atoms with E-state index in [0.29, 0.717) is 15.2 Å². The molecule has 1 aromatic heterocycles. The molecule has 2 aromatic carbocycles. The van der Waals surface area contributed by atoms with Gasteiger partial charge in [-0.25, -0.2) is 0 Å². The van der Waals surface area contributed by atoms with Crippen LogP contribution in [0.2, 0.25) is 10.0 Å². The van der Waals surface area contributed by atoms with Crippen molar-refractivity contribution in [1.29, 1.82) is 0 Å². The predicted octanol–water partition coefficient (Wildman–Crippen LogP) is 4.22. The fraction of sp³-hybridized carbons (Fsp3) is 0.167. The summed E-state index contributed by atoms with van der Waals surface area (Å²) in [5.74, 6) is -1.36. The molecule has 150 valence electrons. The van der Waals surface area contributed by atoms with Crippen LogP contribution in [0.1, 0.15) is 17.3 Å². The number of esters is 1. The van der Waals surface area contributed by atoms with Crippen molar-refractivity contribution < 1.29 is 19.2 Å². The van der Waals surface area contributed by atoms with E-state index in [1.165, 1.54) is 34.9 Å². The number of hydrogen-bond donors (Lipinski definition) is 0. The van der Waals surface area contributed by atoms with E-state index in [1.54, 1.807) is 13.0 Å². The number of benzene rings is 2. The first-order valence-corrected chi connectivity index (χ1v) is 9.85. The summed E-state index contributed by atoms with van der Waals surface area (Å²) in [6.07, 6.45) is 0. The molecule has 0 saturated carbocycles. The number of ether oxygens (including phenoxy) is 1. The number of fused-ring (bicyclic) bond motifs is 1. The molecule has 29 heavy (non-hydrogen) atoms. The number of hydrogen-bond acceptors (Lipinski definition) is 6. The predicted molar refractivity (Wildman–Crippen MR) is 109 cm³/mol. The minimum Gasteiger partial charge on any atom is -0.465 e. The second-order valence-corrected chi connectivity index (χ2v) is 7.55. The Morgan fingerprint density at radius 2 is 2.00 bits per heavy atom. The minimum atomic E-state index is -0.816. The molecule has 3 rings (SSSR count). The number of nitro groups is 1. The van der Waals surface area contributed by atoms with Gasteiger partial charge in [-0.15, -0.1) is 0 Å². The van der Waals surface area contributed by atoms with E-state index in [0.717, 1.165) is 11.3 Å². The third kappa shape index (κ3) is 4.47. The number of rotatable bonds is 5. The highest BCUT2D eigenvalue weighted by molar-refractivity contribution is 7.16. The Labute approximate surface area is 178 Å². The fourth-order valence-electron chi connectivity index (χ4n) is 2.66. The number of nitrogens with zero attached hydrogens (tertiary/aromatic N) is 3. The molecular weight excluding hydrogens is 441 g/mol. The van der Waals surface area contributed by atoms with Gasteiger partial charge >= 0.3 is 5.97 Å². The van der Waals surface area contributed by atoms with Crippen LogP contribution in [0.15, 0.2) is 41.4 Å². The minimum absolute atomic E-state index is 0.139. The smallest absolute Gasteiger partial charge is 0.326 e. The Morgan fingerprint density at radius 3 is 2.69 bits per heavy atom. The Morgan fingerprint density at radius 1 is 1.28 bits per heavy atom. The van der Waals surface area contributed by atoms with E-state index in [9.17, 15) is 19.7 Å². The van der Waals surface area contributed by atoms with Gasteiger partial charge in [-0.1, -0.05) is 46.7 Å². The van der Waals surface area contributed by atoms with Gasteiger partial charge in [0.25, 0.3) is 11.6 Å². The van der Waals surface area contributed by atoms with Gasteiger partial charge in [0.15, 0.2) is 4.80 Å². The average Bonchev–Trinajstić information content (AvgIpc) is 2.98. The Balaban J connectivity index is 2.20. The van der Waals surface area contributed by atoms with Crippen LogP contribution in [0.5, 0.6) is 0 Å². The quantitative estimate of drug-likeness (QED) is 0.326. The van der Waals surface area contributed by atoms with Crippen molar-refractivity contribution in [2.24, 2.45) is 4.99 Å². The zero-order valence-electron chi connectivity index (χ0n) is 14.9. The summed E-state index contributed by atoms with van der Waals surface area (Å²) < 4.78 is 7.01. The number of thiazole rings is 1. The topological polar surface area (TPSA) is 104 Å². The lowest BCUT2D eigenvalue weighted by Crippen LogP contribution is -2.23. The molecule has 0 saturated heterocycles. The standard InChI is InChI=1S/C18H13Cl2N3O5S/c1-2-28-15(24)9-22-16-12(20)7-10(19)8-14(16)29-18(22)21-17(25)11-5-3-4-6-13(11)23(26)27/h3-8H,2,9H2,1H3. The zero-order valence-corrected chi connectivity index (χ0v) is 17.3. The van der Waals surface area contributed by atoms with Crippen LogP contribution in [0, 0.1) is 10.1 Å². The molecule has 0 spiro atoms. The van der Waals surface area contributed by atoms with Crippen molar-refractivity contribution in [3.63, 3.8) is 0 Å². The highest BCUT2D eigenvalue weighted by atomic mass is 35.5. The van der Waals surface area contributed by atoms with Crippen LogP contribution in [-0.4, -0.2) is 28.0 Å². The summed E-state index contributed by atoms with van der Waals surface area (Å²) in [6, 6.07) is 8.63. The zero-order chi connectivity index (χ0) is 21.1. The van der Waals surface area contributed by atoms with Gasteiger partial charge in [-0.05, 0) is 25.1 Å². The summed E-state index contributed by atoms with van der Waals surface area (Å²) >= 11 is 13.4. The Hall–Kier alpha value is -2.75. The molecule has 3 aromatic rings. The molecular formula is C18H13Cl2N3O5S. The van der Waals surface area contributed by atoms with E-state index in [-0.39, 0.29) is 34.2 Å². The molecule has 0 aliphatic carbocycles. The van der Waals surface area contributed by atoms with Crippen molar-refractivity contribution in [2.45, 2.75) is 13.5 Å². The fourth-order valence-corrected chi connectivity index (χ4v) is 4.47. The first-order valence-electron chi connectivity index (χ1n) is 8.28. The second kappa shape index (κ2) is 8.73. The highest BCUT2D eigenvalue weighted by Crippen LogP contribution is 2.30. The molecule has 0 N–H and O–H groups in total. The number of nitro benzene ring substituents is 1. The SMILES string of the molecule is CCOC(=O)Cn1c(=NC(=O)c2ccccc2[N+](=O)[O-])sc2cc(Cl)cc(Cl)c21. The van der Waals surface area contributed by atoms with Gasteiger partial charge < -0.3 is 9.30 Å². The van der Waals surface area contributed by atoms with Gasteiger partial charge in [0.1, 0.15) is 12.1 Å². The summed E-state index contributed by atoms with van der Waals surface area (Å²) in [5.41, 5.74) is -0.0645. The maximum absolute atomic E-state index is 12.7. The second-order valence-electron chi connectivity index (χ2n) is 5.70.